The topological polar surface area (TPSA) is 63.6 Å². The Kier molecular flexibility index (Phi) is 4.92. The van der Waals surface area contributed by atoms with Crippen molar-refractivity contribution in [3.05, 3.63) is 39.4 Å². The number of benzene rings is 1. The average molecular weight is 370 g/mol. The molecule has 0 saturated heterocycles. The zero-order valence-corrected chi connectivity index (χ0v) is 15.0. The highest BCUT2D eigenvalue weighted by molar-refractivity contribution is 8.00. The minimum absolute atomic E-state index is 0.630. The van der Waals surface area contributed by atoms with E-state index in [-0.39, 0.29) is 0 Å². The van der Waals surface area contributed by atoms with E-state index in [1.54, 1.807) is 11.8 Å². The second-order valence-electron chi connectivity index (χ2n) is 4.53. The molecular weight excluding hydrogens is 358 g/mol. The highest BCUT2D eigenvalue weighted by Gasteiger charge is 2.10. The van der Waals surface area contributed by atoms with Gasteiger partial charge in [0.25, 0.3) is 0 Å². The van der Waals surface area contributed by atoms with Crippen molar-refractivity contribution in [3.63, 3.8) is 0 Å². The van der Waals surface area contributed by atoms with E-state index in [2.05, 4.69) is 45.0 Å². The van der Waals surface area contributed by atoms with E-state index < -0.39 is 0 Å². The van der Waals surface area contributed by atoms with Gasteiger partial charge < -0.3 is 5.32 Å². The molecule has 1 aromatic carbocycles. The van der Waals surface area contributed by atoms with Crippen LogP contribution in [0.5, 0.6) is 0 Å². The molecular formula is C13H12ClN5S3. The van der Waals surface area contributed by atoms with E-state index in [0.717, 1.165) is 20.9 Å². The van der Waals surface area contributed by atoms with Crippen LogP contribution >= 0.6 is 46.2 Å². The van der Waals surface area contributed by atoms with Crippen molar-refractivity contribution in [1.29, 1.82) is 0 Å². The average Bonchev–Trinajstić information content (AvgIpc) is 3.11. The van der Waals surface area contributed by atoms with Gasteiger partial charge in [-0.25, -0.2) is 0 Å². The molecule has 2 heterocycles. The predicted octanol–water partition coefficient (Wildman–Crippen LogP) is 4.70. The number of nitrogens with one attached hydrogen (secondary N) is 1. The van der Waals surface area contributed by atoms with E-state index in [9.17, 15) is 0 Å². The Bertz CT molecular complexity index is 786. The van der Waals surface area contributed by atoms with Crippen molar-refractivity contribution >= 4 is 57.1 Å². The summed E-state index contributed by atoms with van der Waals surface area (Å²) >= 11 is 10.2. The number of hydrogen-bond acceptors (Lipinski definition) is 8. The Morgan fingerprint density at radius 1 is 1.23 bits per heavy atom. The van der Waals surface area contributed by atoms with Gasteiger partial charge in [-0.15, -0.1) is 15.3 Å². The maximum absolute atomic E-state index is 5.99. The lowest BCUT2D eigenvalue weighted by molar-refractivity contribution is 1.01. The molecule has 2 aromatic heterocycles. The zero-order valence-electron chi connectivity index (χ0n) is 11.8. The lowest BCUT2D eigenvalue weighted by Gasteiger charge is -2.08. The molecule has 1 N–H and O–H groups in total. The maximum Gasteiger partial charge on any atom is 0.210 e. The molecule has 22 heavy (non-hydrogen) atoms. The zero-order chi connectivity index (χ0) is 15.5. The summed E-state index contributed by atoms with van der Waals surface area (Å²) in [5, 5.41) is 16.4. The van der Waals surface area contributed by atoms with Crippen LogP contribution in [-0.4, -0.2) is 19.8 Å². The molecule has 9 heteroatoms. The summed E-state index contributed by atoms with van der Waals surface area (Å²) < 4.78 is 5.32. The largest absolute Gasteiger partial charge is 0.330 e. The number of rotatable bonds is 5. The minimum atomic E-state index is 0.630. The third-order valence-corrected chi connectivity index (χ3v) is 6.06. The summed E-state index contributed by atoms with van der Waals surface area (Å²) in [5.41, 5.74) is 4.30. The Hall–Kier alpha value is -1.22. The van der Waals surface area contributed by atoms with Gasteiger partial charge in [-0.3, -0.25) is 0 Å². The van der Waals surface area contributed by atoms with Crippen LogP contribution in [0.15, 0.2) is 22.5 Å². The molecule has 0 fully saturated rings. The number of aryl methyl sites for hydroxylation is 1. The lowest BCUT2D eigenvalue weighted by Crippen LogP contribution is -1.94. The molecule has 0 atom stereocenters. The number of thioether (sulfide) groups is 1. The van der Waals surface area contributed by atoms with Crippen LogP contribution in [0, 0.1) is 13.8 Å². The standard InChI is InChI=1S/C13H12ClN5S3/c1-7-4-3-5-9(8(7)2)15-12-17-18-13(21-12)20-6-10-11(14)22-19-16-10/h3-5H,6H2,1-2H3,(H,15,17). The number of aromatic nitrogens is 4. The molecule has 0 saturated carbocycles. The molecule has 0 spiro atoms. The summed E-state index contributed by atoms with van der Waals surface area (Å²) in [5.74, 6) is 0.646. The van der Waals surface area contributed by atoms with Gasteiger partial charge in [0.2, 0.25) is 5.13 Å². The van der Waals surface area contributed by atoms with Crippen molar-refractivity contribution in [2.24, 2.45) is 0 Å². The fourth-order valence-corrected chi connectivity index (χ4v) is 4.23. The SMILES string of the molecule is Cc1cccc(Nc2nnc(SCc3nnsc3Cl)s2)c1C. The maximum atomic E-state index is 5.99. The second kappa shape index (κ2) is 6.91. The van der Waals surface area contributed by atoms with Gasteiger partial charge in [0, 0.05) is 23.0 Å². The number of anilines is 2. The molecule has 0 aliphatic rings. The van der Waals surface area contributed by atoms with Gasteiger partial charge in [0.05, 0.1) is 0 Å². The molecule has 3 rings (SSSR count). The molecule has 0 aliphatic carbocycles. The van der Waals surface area contributed by atoms with Gasteiger partial charge in [0.15, 0.2) is 4.34 Å². The van der Waals surface area contributed by atoms with E-state index in [4.69, 9.17) is 11.6 Å². The van der Waals surface area contributed by atoms with Gasteiger partial charge in [-0.1, -0.05) is 51.3 Å². The van der Waals surface area contributed by atoms with E-state index in [1.807, 2.05) is 12.1 Å². The molecule has 0 bridgehead atoms. The van der Waals surface area contributed by atoms with Crippen LogP contribution in [0.3, 0.4) is 0 Å². The van der Waals surface area contributed by atoms with E-state index in [0.29, 0.717) is 10.1 Å². The quantitative estimate of drug-likeness (QED) is 0.658. The van der Waals surface area contributed by atoms with Gasteiger partial charge in [-0.2, -0.15) is 0 Å². The van der Waals surface area contributed by atoms with Crippen molar-refractivity contribution < 1.29 is 0 Å². The summed E-state index contributed by atoms with van der Waals surface area (Å²) in [6.07, 6.45) is 0. The Balaban J connectivity index is 1.66. The van der Waals surface area contributed by atoms with Crippen LogP contribution in [0.25, 0.3) is 0 Å². The highest BCUT2D eigenvalue weighted by Crippen LogP contribution is 2.32. The van der Waals surface area contributed by atoms with Crippen molar-refractivity contribution in [2.75, 3.05) is 5.32 Å². The van der Waals surface area contributed by atoms with Gasteiger partial charge in [0.1, 0.15) is 10.0 Å². The molecule has 0 aliphatic heterocycles. The highest BCUT2D eigenvalue weighted by atomic mass is 35.5. The number of halogens is 1. The monoisotopic (exact) mass is 369 g/mol. The first-order chi connectivity index (χ1) is 10.6. The van der Waals surface area contributed by atoms with Crippen LogP contribution in [0.4, 0.5) is 10.8 Å². The third-order valence-electron chi connectivity index (χ3n) is 3.09. The van der Waals surface area contributed by atoms with E-state index in [1.165, 1.54) is 34.0 Å². The first kappa shape index (κ1) is 15.7. The van der Waals surface area contributed by atoms with Crippen molar-refractivity contribution in [1.82, 2.24) is 19.8 Å². The Morgan fingerprint density at radius 3 is 2.86 bits per heavy atom. The Morgan fingerprint density at radius 2 is 2.09 bits per heavy atom. The summed E-state index contributed by atoms with van der Waals surface area (Å²) in [6.45, 7) is 4.18. The molecule has 0 amide bonds. The lowest BCUT2D eigenvalue weighted by atomic mass is 10.1. The van der Waals surface area contributed by atoms with E-state index >= 15 is 0 Å². The third kappa shape index (κ3) is 3.57. The fourth-order valence-electron chi connectivity index (χ4n) is 1.73. The molecule has 0 unspecified atom stereocenters. The summed E-state index contributed by atoms with van der Waals surface area (Å²) in [7, 11) is 0. The van der Waals surface area contributed by atoms with Crippen LogP contribution in [0.1, 0.15) is 16.8 Å². The summed E-state index contributed by atoms with van der Waals surface area (Å²) in [4.78, 5) is 0. The van der Waals surface area contributed by atoms with Crippen LogP contribution in [0.2, 0.25) is 4.34 Å². The molecule has 5 nitrogen and oxygen atoms in total. The Labute approximate surface area is 145 Å². The molecule has 114 valence electrons. The molecule has 0 radical (unpaired) electrons. The smallest absolute Gasteiger partial charge is 0.210 e. The summed E-state index contributed by atoms with van der Waals surface area (Å²) in [6, 6.07) is 6.16. The second-order valence-corrected chi connectivity index (χ2v) is 8.08. The van der Waals surface area contributed by atoms with Crippen LogP contribution < -0.4 is 5.32 Å². The predicted molar refractivity (Wildman–Crippen MR) is 93.6 cm³/mol. The van der Waals surface area contributed by atoms with Crippen LogP contribution in [-0.2, 0) is 5.75 Å². The molecule has 3 aromatic rings. The number of hydrogen-bond donors (Lipinski definition) is 1. The first-order valence-electron chi connectivity index (χ1n) is 6.40. The van der Waals surface area contributed by atoms with Crippen molar-refractivity contribution in [3.8, 4) is 0 Å². The normalized spacial score (nSPS) is 10.9. The van der Waals surface area contributed by atoms with Gasteiger partial charge in [-0.05, 0) is 31.0 Å². The van der Waals surface area contributed by atoms with Gasteiger partial charge >= 0.3 is 0 Å². The van der Waals surface area contributed by atoms with Crippen molar-refractivity contribution in [2.45, 2.75) is 23.9 Å². The first-order valence-corrected chi connectivity index (χ1v) is 9.35. The number of nitrogens with zero attached hydrogens (tertiary/aromatic N) is 4. The minimum Gasteiger partial charge on any atom is -0.330 e. The fraction of sp³-hybridized carbons (Fsp3) is 0.231.